The van der Waals surface area contributed by atoms with E-state index in [0.717, 1.165) is 23.4 Å². The first-order valence-corrected chi connectivity index (χ1v) is 8.96. The molecule has 0 bridgehead atoms. The Bertz CT molecular complexity index is 957. The third kappa shape index (κ3) is 3.05. The highest BCUT2D eigenvalue weighted by molar-refractivity contribution is 5.59. The van der Waals surface area contributed by atoms with Gasteiger partial charge in [-0.05, 0) is 36.2 Å². The van der Waals surface area contributed by atoms with Gasteiger partial charge in [0.2, 0.25) is 0 Å². The fourth-order valence-electron chi connectivity index (χ4n) is 3.91. The first-order chi connectivity index (χ1) is 13.0. The van der Waals surface area contributed by atoms with E-state index in [0.29, 0.717) is 30.9 Å². The minimum absolute atomic E-state index is 0.372. The van der Waals surface area contributed by atoms with E-state index in [4.69, 9.17) is 0 Å². The van der Waals surface area contributed by atoms with E-state index in [1.165, 1.54) is 6.07 Å². The number of imidazole rings is 1. The molecule has 1 fully saturated rings. The summed E-state index contributed by atoms with van der Waals surface area (Å²) in [4.78, 5) is 4.57. The first kappa shape index (κ1) is 17.8. The molecule has 0 unspecified atom stereocenters. The normalized spacial score (nSPS) is 22.7. The van der Waals surface area contributed by atoms with Crippen LogP contribution in [-0.2, 0) is 12.6 Å². The van der Waals surface area contributed by atoms with Crippen molar-refractivity contribution in [1.29, 1.82) is 0 Å². The summed E-state index contributed by atoms with van der Waals surface area (Å²) in [6.45, 7) is 1.08. The SMILES string of the molecule is Cn1c(-c2ccccc2)cnc1[C@H]1CNCC[C@]1(O)c1ccc(F)c(F)c1. The summed E-state index contributed by atoms with van der Waals surface area (Å²) in [5, 5.41) is 14.8. The third-order valence-corrected chi connectivity index (χ3v) is 5.43. The number of hydrogen-bond acceptors (Lipinski definition) is 3. The van der Waals surface area contributed by atoms with Crippen LogP contribution in [-0.4, -0.2) is 27.7 Å². The Morgan fingerprint density at radius 1 is 1.15 bits per heavy atom. The van der Waals surface area contributed by atoms with Crippen LogP contribution in [0.2, 0.25) is 0 Å². The Morgan fingerprint density at radius 2 is 1.93 bits per heavy atom. The number of aliphatic hydroxyl groups is 1. The van der Waals surface area contributed by atoms with Crippen molar-refractivity contribution in [2.45, 2.75) is 17.9 Å². The molecule has 2 N–H and O–H groups in total. The smallest absolute Gasteiger partial charge is 0.159 e. The summed E-state index contributed by atoms with van der Waals surface area (Å²) in [5.41, 5.74) is 1.01. The van der Waals surface area contributed by atoms with Gasteiger partial charge in [-0.1, -0.05) is 36.4 Å². The molecule has 3 aromatic rings. The van der Waals surface area contributed by atoms with Crippen LogP contribution in [0.5, 0.6) is 0 Å². The Labute approximate surface area is 156 Å². The lowest BCUT2D eigenvalue weighted by Gasteiger charge is -2.40. The van der Waals surface area contributed by atoms with E-state index in [1.54, 1.807) is 6.20 Å². The van der Waals surface area contributed by atoms with Gasteiger partial charge in [0.15, 0.2) is 11.6 Å². The van der Waals surface area contributed by atoms with Crippen molar-refractivity contribution < 1.29 is 13.9 Å². The van der Waals surface area contributed by atoms with Crippen LogP contribution in [0.3, 0.4) is 0 Å². The van der Waals surface area contributed by atoms with Crippen molar-refractivity contribution in [2.75, 3.05) is 13.1 Å². The number of nitrogens with zero attached hydrogens (tertiary/aromatic N) is 2. The highest BCUT2D eigenvalue weighted by atomic mass is 19.2. The molecular formula is C21H21F2N3O. The summed E-state index contributed by atoms with van der Waals surface area (Å²) in [6.07, 6.45) is 2.17. The summed E-state index contributed by atoms with van der Waals surface area (Å²) in [6, 6.07) is 13.5. The van der Waals surface area contributed by atoms with Crippen LogP contribution in [0.4, 0.5) is 8.78 Å². The topological polar surface area (TPSA) is 50.1 Å². The zero-order valence-corrected chi connectivity index (χ0v) is 15.0. The average Bonchev–Trinajstić information content (AvgIpc) is 3.06. The Hall–Kier alpha value is -2.57. The Balaban J connectivity index is 1.77. The van der Waals surface area contributed by atoms with Crippen LogP contribution >= 0.6 is 0 Å². The van der Waals surface area contributed by atoms with Crippen molar-refractivity contribution in [3.05, 3.63) is 77.8 Å². The number of piperidine rings is 1. The lowest BCUT2D eigenvalue weighted by atomic mass is 9.76. The predicted octanol–water partition coefficient (Wildman–Crippen LogP) is 3.33. The summed E-state index contributed by atoms with van der Waals surface area (Å²) < 4.78 is 29.2. The molecule has 0 saturated carbocycles. The van der Waals surface area contributed by atoms with Crippen molar-refractivity contribution >= 4 is 0 Å². The number of benzene rings is 2. The molecule has 2 atom stereocenters. The van der Waals surface area contributed by atoms with Gasteiger partial charge in [0, 0.05) is 13.6 Å². The van der Waals surface area contributed by atoms with Gasteiger partial charge in [-0.25, -0.2) is 13.8 Å². The molecule has 2 aromatic carbocycles. The minimum Gasteiger partial charge on any atom is -0.384 e. The van der Waals surface area contributed by atoms with E-state index >= 15 is 0 Å². The van der Waals surface area contributed by atoms with Crippen LogP contribution < -0.4 is 5.32 Å². The lowest BCUT2D eigenvalue weighted by Crippen LogP contribution is -2.47. The van der Waals surface area contributed by atoms with Gasteiger partial charge in [-0.15, -0.1) is 0 Å². The highest BCUT2D eigenvalue weighted by Gasteiger charge is 2.44. The summed E-state index contributed by atoms with van der Waals surface area (Å²) in [7, 11) is 1.91. The van der Waals surface area contributed by atoms with Crippen LogP contribution in [0.15, 0.2) is 54.7 Å². The molecule has 27 heavy (non-hydrogen) atoms. The first-order valence-electron chi connectivity index (χ1n) is 8.96. The molecule has 2 heterocycles. The average molecular weight is 369 g/mol. The second kappa shape index (κ2) is 6.87. The Kier molecular flexibility index (Phi) is 4.53. The van der Waals surface area contributed by atoms with E-state index < -0.39 is 23.2 Å². The van der Waals surface area contributed by atoms with Gasteiger partial charge in [-0.3, -0.25) is 0 Å². The molecule has 1 aliphatic heterocycles. The quantitative estimate of drug-likeness (QED) is 0.745. The molecular weight excluding hydrogens is 348 g/mol. The molecule has 4 nitrogen and oxygen atoms in total. The second-order valence-electron chi connectivity index (χ2n) is 6.99. The molecule has 1 aromatic heterocycles. The van der Waals surface area contributed by atoms with Gasteiger partial charge >= 0.3 is 0 Å². The van der Waals surface area contributed by atoms with Gasteiger partial charge in [0.05, 0.1) is 17.8 Å². The number of nitrogens with one attached hydrogen (secondary N) is 1. The largest absolute Gasteiger partial charge is 0.384 e. The van der Waals surface area contributed by atoms with Crippen LogP contribution in [0.1, 0.15) is 23.7 Å². The molecule has 0 radical (unpaired) electrons. The number of rotatable bonds is 3. The maximum atomic E-state index is 13.8. The maximum absolute atomic E-state index is 13.8. The van der Waals surface area contributed by atoms with E-state index in [2.05, 4.69) is 10.3 Å². The monoisotopic (exact) mass is 369 g/mol. The van der Waals surface area contributed by atoms with Crippen molar-refractivity contribution in [3.8, 4) is 11.3 Å². The van der Waals surface area contributed by atoms with E-state index in [9.17, 15) is 13.9 Å². The zero-order valence-electron chi connectivity index (χ0n) is 15.0. The molecule has 140 valence electrons. The van der Waals surface area contributed by atoms with Gasteiger partial charge < -0.3 is 15.0 Å². The maximum Gasteiger partial charge on any atom is 0.159 e. The molecule has 0 spiro atoms. The zero-order chi connectivity index (χ0) is 19.0. The lowest BCUT2D eigenvalue weighted by molar-refractivity contribution is -0.0190. The summed E-state index contributed by atoms with van der Waals surface area (Å²) >= 11 is 0. The standard InChI is InChI=1S/C21H21F2N3O/c1-26-19(14-5-3-2-4-6-14)13-25-20(26)16-12-24-10-9-21(16,27)15-7-8-17(22)18(23)11-15/h2-8,11,13,16,24,27H,9-10,12H2,1H3/t16-,21+/m1/s1. The van der Waals surface area contributed by atoms with Gasteiger partial charge in [-0.2, -0.15) is 0 Å². The predicted molar refractivity (Wildman–Crippen MR) is 99.1 cm³/mol. The van der Waals surface area contributed by atoms with Gasteiger partial charge in [0.25, 0.3) is 0 Å². The number of aromatic nitrogens is 2. The van der Waals surface area contributed by atoms with E-state index in [-0.39, 0.29) is 0 Å². The number of halogens is 2. The molecule has 6 heteroatoms. The summed E-state index contributed by atoms with van der Waals surface area (Å²) in [5.74, 6) is -1.56. The molecule has 4 rings (SSSR count). The molecule has 1 saturated heterocycles. The van der Waals surface area contributed by atoms with Gasteiger partial charge in [0.1, 0.15) is 11.4 Å². The van der Waals surface area contributed by atoms with Crippen molar-refractivity contribution in [2.24, 2.45) is 7.05 Å². The number of hydrogen-bond donors (Lipinski definition) is 2. The molecule has 0 amide bonds. The van der Waals surface area contributed by atoms with E-state index in [1.807, 2.05) is 41.9 Å². The van der Waals surface area contributed by atoms with Crippen molar-refractivity contribution in [1.82, 2.24) is 14.9 Å². The second-order valence-corrected chi connectivity index (χ2v) is 6.99. The van der Waals surface area contributed by atoms with Crippen molar-refractivity contribution in [3.63, 3.8) is 0 Å². The van der Waals surface area contributed by atoms with Crippen LogP contribution in [0.25, 0.3) is 11.3 Å². The highest BCUT2D eigenvalue weighted by Crippen LogP contribution is 2.41. The van der Waals surface area contributed by atoms with Crippen LogP contribution in [0, 0.1) is 11.6 Å². The fraction of sp³-hybridized carbons (Fsp3) is 0.286. The third-order valence-electron chi connectivity index (χ3n) is 5.43. The Morgan fingerprint density at radius 3 is 2.67 bits per heavy atom. The fourth-order valence-corrected chi connectivity index (χ4v) is 3.91. The minimum atomic E-state index is -1.33. The molecule has 1 aliphatic rings. The molecule has 0 aliphatic carbocycles.